The Morgan fingerprint density at radius 3 is 2.93 bits per heavy atom. The summed E-state index contributed by atoms with van der Waals surface area (Å²) < 4.78 is 0. The van der Waals surface area contributed by atoms with Crippen molar-refractivity contribution in [3.05, 3.63) is 16.6 Å². The molecule has 1 rings (SSSR count). The van der Waals surface area contributed by atoms with Crippen LogP contribution in [0.25, 0.3) is 0 Å². The van der Waals surface area contributed by atoms with E-state index in [1.165, 1.54) is 22.8 Å². The minimum absolute atomic E-state index is 0.430. The Hall–Kier alpha value is -0.0600. The van der Waals surface area contributed by atoms with Crippen LogP contribution < -0.4 is 5.32 Å². The monoisotopic (exact) mass is 244 g/mol. The summed E-state index contributed by atoms with van der Waals surface area (Å²) in [6.45, 7) is 6.67. The molecule has 0 fully saturated rings. The van der Waals surface area contributed by atoms with E-state index >= 15 is 0 Å². The highest BCUT2D eigenvalue weighted by atomic mass is 32.2. The topological polar surface area (TPSA) is 24.9 Å². The molecule has 0 amide bonds. The Morgan fingerprint density at radius 1 is 1.53 bits per heavy atom. The summed E-state index contributed by atoms with van der Waals surface area (Å²) in [4.78, 5) is 5.42. The van der Waals surface area contributed by atoms with Crippen molar-refractivity contribution in [3.63, 3.8) is 0 Å². The van der Waals surface area contributed by atoms with Crippen molar-refractivity contribution in [1.82, 2.24) is 10.3 Å². The molecule has 0 saturated carbocycles. The van der Waals surface area contributed by atoms with Crippen LogP contribution in [0.4, 0.5) is 0 Å². The Morgan fingerprint density at radius 2 is 2.33 bits per heavy atom. The van der Waals surface area contributed by atoms with E-state index in [1.54, 1.807) is 11.3 Å². The predicted octanol–water partition coefficient (Wildman–Crippen LogP) is 3.33. The lowest BCUT2D eigenvalue weighted by Crippen LogP contribution is -2.28. The minimum Gasteiger partial charge on any atom is -0.307 e. The first kappa shape index (κ1) is 13.0. The lowest BCUT2D eigenvalue weighted by Gasteiger charge is -2.18. The Labute approximate surface area is 101 Å². The predicted molar refractivity (Wildman–Crippen MR) is 70.7 cm³/mol. The highest BCUT2D eigenvalue weighted by Gasteiger charge is 2.10. The molecule has 4 heteroatoms. The second-order valence-corrected chi connectivity index (χ2v) is 5.99. The molecule has 86 valence electrons. The highest BCUT2D eigenvalue weighted by molar-refractivity contribution is 7.99. The second-order valence-electron chi connectivity index (χ2n) is 3.68. The number of hydrogen-bond donors (Lipinski definition) is 1. The summed E-state index contributed by atoms with van der Waals surface area (Å²) in [6, 6.07) is 1.01. The van der Waals surface area contributed by atoms with Gasteiger partial charge in [0, 0.05) is 23.2 Å². The largest absolute Gasteiger partial charge is 0.307 e. The maximum Gasteiger partial charge on any atom is 0.0794 e. The van der Waals surface area contributed by atoms with E-state index in [-0.39, 0.29) is 0 Å². The standard InChI is InChI=1S/C11H20N2S2/c1-4-14-6-5-9(2)13-10(3)11-7-12-8-15-11/h7-10,13H,4-6H2,1-3H3. The number of nitrogens with zero attached hydrogens (tertiary/aromatic N) is 1. The third-order valence-corrected chi connectivity index (χ3v) is 4.20. The average Bonchev–Trinajstić information content (AvgIpc) is 2.70. The van der Waals surface area contributed by atoms with E-state index in [1.807, 2.05) is 23.5 Å². The van der Waals surface area contributed by atoms with Crippen molar-refractivity contribution < 1.29 is 0 Å². The Balaban J connectivity index is 2.22. The first-order valence-electron chi connectivity index (χ1n) is 5.46. The molecule has 1 aromatic heterocycles. The van der Waals surface area contributed by atoms with Crippen LogP contribution in [0.3, 0.4) is 0 Å². The summed E-state index contributed by atoms with van der Waals surface area (Å²) in [5.74, 6) is 2.47. The second kappa shape index (κ2) is 7.25. The fourth-order valence-corrected chi connectivity index (χ4v) is 2.88. The van der Waals surface area contributed by atoms with E-state index in [9.17, 15) is 0 Å². The fraction of sp³-hybridized carbons (Fsp3) is 0.727. The molecular formula is C11H20N2S2. The van der Waals surface area contributed by atoms with Crippen LogP contribution in [-0.2, 0) is 0 Å². The molecule has 0 aliphatic heterocycles. The maximum absolute atomic E-state index is 4.10. The van der Waals surface area contributed by atoms with Crippen LogP contribution in [0.15, 0.2) is 11.7 Å². The van der Waals surface area contributed by atoms with Crippen molar-refractivity contribution in [3.8, 4) is 0 Å². The van der Waals surface area contributed by atoms with Gasteiger partial charge >= 0.3 is 0 Å². The first-order valence-corrected chi connectivity index (χ1v) is 7.49. The quantitative estimate of drug-likeness (QED) is 0.745. The molecule has 0 aliphatic carbocycles. The van der Waals surface area contributed by atoms with Gasteiger partial charge in [-0.2, -0.15) is 11.8 Å². The van der Waals surface area contributed by atoms with Gasteiger partial charge in [-0.3, -0.25) is 4.98 Å². The molecule has 0 aliphatic rings. The summed E-state index contributed by atoms with van der Waals surface area (Å²) in [5, 5.41) is 3.60. The van der Waals surface area contributed by atoms with Crippen LogP contribution in [0.5, 0.6) is 0 Å². The number of hydrogen-bond acceptors (Lipinski definition) is 4. The van der Waals surface area contributed by atoms with Crippen molar-refractivity contribution >= 4 is 23.1 Å². The van der Waals surface area contributed by atoms with Gasteiger partial charge in [-0.05, 0) is 31.8 Å². The van der Waals surface area contributed by atoms with Crippen LogP contribution >= 0.6 is 23.1 Å². The molecule has 2 unspecified atom stereocenters. The first-order chi connectivity index (χ1) is 7.24. The minimum atomic E-state index is 0.430. The molecule has 15 heavy (non-hydrogen) atoms. The van der Waals surface area contributed by atoms with Crippen molar-refractivity contribution in [1.29, 1.82) is 0 Å². The van der Waals surface area contributed by atoms with E-state index < -0.39 is 0 Å². The molecule has 2 nitrogen and oxygen atoms in total. The smallest absolute Gasteiger partial charge is 0.0794 e. The van der Waals surface area contributed by atoms with E-state index in [0.29, 0.717) is 12.1 Å². The fourth-order valence-electron chi connectivity index (χ4n) is 1.44. The SMILES string of the molecule is CCSCCC(C)NC(C)c1cncs1. The van der Waals surface area contributed by atoms with Crippen molar-refractivity contribution in [2.24, 2.45) is 0 Å². The molecule has 0 bridgehead atoms. The van der Waals surface area contributed by atoms with Crippen LogP contribution in [0, 0.1) is 0 Å². The van der Waals surface area contributed by atoms with Gasteiger partial charge in [-0.1, -0.05) is 6.92 Å². The maximum atomic E-state index is 4.10. The average molecular weight is 244 g/mol. The zero-order chi connectivity index (χ0) is 11.1. The lowest BCUT2D eigenvalue weighted by atomic mass is 10.2. The van der Waals surface area contributed by atoms with E-state index in [2.05, 4.69) is 31.1 Å². The van der Waals surface area contributed by atoms with Crippen LogP contribution in [-0.4, -0.2) is 22.5 Å². The van der Waals surface area contributed by atoms with Gasteiger partial charge < -0.3 is 5.32 Å². The van der Waals surface area contributed by atoms with Gasteiger partial charge in [0.1, 0.15) is 0 Å². The molecule has 0 aromatic carbocycles. The zero-order valence-corrected chi connectivity index (χ0v) is 11.3. The van der Waals surface area contributed by atoms with E-state index in [0.717, 1.165) is 0 Å². The summed E-state index contributed by atoms with van der Waals surface area (Å²) in [6.07, 6.45) is 3.19. The molecule has 0 radical (unpaired) electrons. The lowest BCUT2D eigenvalue weighted by molar-refractivity contribution is 0.476. The molecular weight excluding hydrogens is 224 g/mol. The van der Waals surface area contributed by atoms with Gasteiger partial charge in [0.05, 0.1) is 5.51 Å². The summed E-state index contributed by atoms with van der Waals surface area (Å²) in [5.41, 5.74) is 1.89. The van der Waals surface area contributed by atoms with Crippen LogP contribution in [0.1, 0.15) is 38.1 Å². The highest BCUT2D eigenvalue weighted by Crippen LogP contribution is 2.17. The number of rotatable bonds is 7. The van der Waals surface area contributed by atoms with Gasteiger partial charge in [0.25, 0.3) is 0 Å². The molecule has 1 N–H and O–H groups in total. The van der Waals surface area contributed by atoms with Gasteiger partial charge in [-0.25, -0.2) is 0 Å². The number of thiazole rings is 1. The number of aromatic nitrogens is 1. The normalized spacial score (nSPS) is 15.1. The molecule has 0 spiro atoms. The molecule has 1 heterocycles. The Kier molecular flexibility index (Phi) is 6.29. The third-order valence-electron chi connectivity index (χ3n) is 2.31. The summed E-state index contributed by atoms with van der Waals surface area (Å²) >= 11 is 3.73. The van der Waals surface area contributed by atoms with Crippen molar-refractivity contribution in [2.75, 3.05) is 11.5 Å². The van der Waals surface area contributed by atoms with E-state index in [4.69, 9.17) is 0 Å². The van der Waals surface area contributed by atoms with Gasteiger partial charge in [0.15, 0.2) is 0 Å². The Bertz CT molecular complexity index is 249. The molecule has 1 aromatic rings. The summed E-state index contributed by atoms with van der Waals surface area (Å²) in [7, 11) is 0. The van der Waals surface area contributed by atoms with Gasteiger partial charge in [0.2, 0.25) is 0 Å². The molecule has 2 atom stereocenters. The third kappa shape index (κ3) is 5.00. The zero-order valence-electron chi connectivity index (χ0n) is 9.69. The number of thioether (sulfide) groups is 1. The van der Waals surface area contributed by atoms with Gasteiger partial charge in [-0.15, -0.1) is 11.3 Å². The number of nitrogens with one attached hydrogen (secondary N) is 1. The van der Waals surface area contributed by atoms with Crippen LogP contribution in [0.2, 0.25) is 0 Å². The van der Waals surface area contributed by atoms with Crippen molar-refractivity contribution in [2.45, 2.75) is 39.3 Å². The molecule has 0 saturated heterocycles.